The molecule has 6 nitrogen and oxygen atoms in total. The molecular weight excluding hydrogens is 420 g/mol. The minimum Gasteiger partial charge on any atom is -0.359 e. The zero-order valence-electron chi connectivity index (χ0n) is 21.3. The second-order valence-corrected chi connectivity index (χ2v) is 8.73. The summed E-state index contributed by atoms with van der Waals surface area (Å²) in [7, 11) is 4.74. The van der Waals surface area contributed by atoms with Crippen LogP contribution in [-0.4, -0.2) is 52.9 Å². The van der Waals surface area contributed by atoms with Gasteiger partial charge < -0.3 is 28.4 Å². The van der Waals surface area contributed by atoms with Crippen molar-refractivity contribution in [1.82, 2.24) is 0 Å². The first-order valence-electron chi connectivity index (χ1n) is 10.6. The van der Waals surface area contributed by atoms with Gasteiger partial charge in [0.15, 0.2) is 0 Å². The van der Waals surface area contributed by atoms with Gasteiger partial charge >= 0.3 is 0 Å². The Hall–Kier alpha value is -2.34. The molecule has 1 aromatic carbocycles. The predicted molar refractivity (Wildman–Crippen MR) is 128 cm³/mol. The van der Waals surface area contributed by atoms with Crippen molar-refractivity contribution in [3.63, 3.8) is 0 Å². The highest BCUT2D eigenvalue weighted by atomic mass is 16.7. The number of methoxy groups -OCH3 is 3. The lowest BCUT2D eigenvalue weighted by molar-refractivity contribution is -0.118. The van der Waals surface area contributed by atoms with E-state index in [1.807, 2.05) is 59.7 Å². The monoisotopic (exact) mass is 456 g/mol. The van der Waals surface area contributed by atoms with Crippen molar-refractivity contribution >= 4 is 0 Å². The first kappa shape index (κ1) is 28.7. The lowest BCUT2D eigenvalue weighted by Crippen LogP contribution is -2.23. The topological polar surface area (TPSA) is 55.4 Å². The van der Waals surface area contributed by atoms with Crippen molar-refractivity contribution < 1.29 is 28.4 Å². The summed E-state index contributed by atoms with van der Waals surface area (Å²) >= 11 is 0. The molecule has 0 fully saturated rings. The first-order chi connectivity index (χ1) is 15.4. The number of ether oxygens (including phenoxy) is 6. The van der Waals surface area contributed by atoms with Crippen LogP contribution in [0.4, 0.5) is 0 Å². The van der Waals surface area contributed by atoms with Crippen LogP contribution in [0.25, 0.3) is 0 Å². The maximum atomic E-state index is 5.86. The van der Waals surface area contributed by atoms with E-state index in [-0.39, 0.29) is 20.4 Å². The Balaban J connectivity index is 3.32. The largest absolute Gasteiger partial charge is 0.359 e. The van der Waals surface area contributed by atoms with E-state index in [9.17, 15) is 0 Å². The molecule has 180 valence electrons. The van der Waals surface area contributed by atoms with E-state index >= 15 is 0 Å². The Labute approximate surface area is 199 Å². The van der Waals surface area contributed by atoms with E-state index in [0.29, 0.717) is 0 Å². The highest BCUT2D eigenvalue weighted by Gasteiger charge is 2.22. The molecule has 0 amide bonds. The van der Waals surface area contributed by atoms with Gasteiger partial charge in [0.2, 0.25) is 0 Å². The molecule has 0 aliphatic rings. The van der Waals surface area contributed by atoms with Gasteiger partial charge in [0.25, 0.3) is 0 Å². The minimum atomic E-state index is -0.667. The minimum absolute atomic E-state index is 0.166. The molecule has 0 saturated heterocycles. The molecule has 33 heavy (non-hydrogen) atoms. The fraction of sp³-hybridized carbons (Fsp3) is 0.556. The van der Waals surface area contributed by atoms with Crippen molar-refractivity contribution in [2.24, 2.45) is 0 Å². The molecule has 0 spiro atoms. The fourth-order valence-electron chi connectivity index (χ4n) is 2.40. The SMILES string of the molecule is COCOC(C)(C)C#CC#Cc1cc(C#CC(C)(C)OCOC)cc(C(C)(C)OCOC)c1. The zero-order chi connectivity index (χ0) is 25.0. The zero-order valence-corrected chi connectivity index (χ0v) is 21.3. The van der Waals surface area contributed by atoms with Crippen LogP contribution in [0.2, 0.25) is 0 Å². The van der Waals surface area contributed by atoms with E-state index in [1.165, 1.54) is 0 Å². The molecule has 0 saturated carbocycles. The van der Waals surface area contributed by atoms with E-state index in [4.69, 9.17) is 28.4 Å². The lowest BCUT2D eigenvalue weighted by Gasteiger charge is -2.26. The van der Waals surface area contributed by atoms with Crippen LogP contribution in [0, 0.1) is 35.5 Å². The molecule has 0 radical (unpaired) electrons. The quantitative estimate of drug-likeness (QED) is 0.391. The molecule has 0 N–H and O–H groups in total. The average molecular weight is 457 g/mol. The Bertz CT molecular complexity index is 942. The van der Waals surface area contributed by atoms with Crippen LogP contribution >= 0.6 is 0 Å². The van der Waals surface area contributed by atoms with E-state index in [1.54, 1.807) is 21.3 Å². The van der Waals surface area contributed by atoms with Gasteiger partial charge in [-0.25, -0.2) is 0 Å². The number of benzene rings is 1. The number of rotatable bonds is 10. The van der Waals surface area contributed by atoms with Crippen LogP contribution in [0.5, 0.6) is 0 Å². The van der Waals surface area contributed by atoms with Gasteiger partial charge in [-0.2, -0.15) is 0 Å². The van der Waals surface area contributed by atoms with Gasteiger partial charge in [-0.15, -0.1) is 0 Å². The standard InChI is InChI=1S/C27H36O6/c1-25(2,31-19-28-7)14-11-10-12-22-16-23(13-15-26(3,4)32-20-29-8)18-24(17-22)27(5,6)33-21-30-9/h16-18H,19-21H2,1-9H3. The van der Waals surface area contributed by atoms with Crippen LogP contribution in [-0.2, 0) is 34.0 Å². The summed E-state index contributed by atoms with van der Waals surface area (Å²) < 4.78 is 32.0. The smallest absolute Gasteiger partial charge is 0.148 e. The fourth-order valence-corrected chi connectivity index (χ4v) is 2.40. The van der Waals surface area contributed by atoms with Gasteiger partial charge in [-0.1, -0.05) is 23.7 Å². The Morgan fingerprint density at radius 1 is 0.606 bits per heavy atom. The predicted octanol–water partition coefficient (Wildman–Crippen LogP) is 4.05. The lowest BCUT2D eigenvalue weighted by atomic mass is 9.93. The van der Waals surface area contributed by atoms with Gasteiger partial charge in [-0.3, -0.25) is 0 Å². The maximum Gasteiger partial charge on any atom is 0.148 e. The summed E-state index contributed by atoms with van der Waals surface area (Å²) in [5.74, 6) is 18.2. The third kappa shape index (κ3) is 11.4. The van der Waals surface area contributed by atoms with E-state index < -0.39 is 16.8 Å². The van der Waals surface area contributed by atoms with Crippen molar-refractivity contribution in [2.45, 2.75) is 58.3 Å². The molecule has 6 heteroatoms. The van der Waals surface area contributed by atoms with Crippen molar-refractivity contribution in [3.8, 4) is 35.5 Å². The molecule has 1 aromatic rings. The van der Waals surface area contributed by atoms with Crippen LogP contribution < -0.4 is 0 Å². The van der Waals surface area contributed by atoms with Crippen molar-refractivity contribution in [1.29, 1.82) is 0 Å². The summed E-state index contributed by atoms with van der Waals surface area (Å²) in [6.07, 6.45) is 0. The van der Waals surface area contributed by atoms with Crippen molar-refractivity contribution in [3.05, 3.63) is 34.9 Å². The molecule has 0 bridgehead atoms. The normalized spacial score (nSPS) is 11.5. The molecule has 0 aliphatic carbocycles. The van der Waals surface area contributed by atoms with Gasteiger partial charge in [0, 0.05) is 32.5 Å². The summed E-state index contributed by atoms with van der Waals surface area (Å²) in [6, 6.07) is 5.86. The van der Waals surface area contributed by atoms with Crippen LogP contribution in [0.15, 0.2) is 18.2 Å². The van der Waals surface area contributed by atoms with Gasteiger partial charge in [-0.05, 0) is 77.1 Å². The highest BCUT2D eigenvalue weighted by Crippen LogP contribution is 2.26. The second-order valence-electron chi connectivity index (χ2n) is 8.73. The molecule has 0 atom stereocenters. The molecule has 0 unspecified atom stereocenters. The average Bonchev–Trinajstić information content (AvgIpc) is 2.76. The van der Waals surface area contributed by atoms with Crippen molar-refractivity contribution in [2.75, 3.05) is 41.7 Å². The summed E-state index contributed by atoms with van der Waals surface area (Å²) in [6.45, 7) is 11.9. The van der Waals surface area contributed by atoms with Crippen LogP contribution in [0.1, 0.15) is 58.2 Å². The summed E-state index contributed by atoms with van der Waals surface area (Å²) in [5.41, 5.74) is 0.547. The maximum absolute atomic E-state index is 5.86. The van der Waals surface area contributed by atoms with E-state index in [2.05, 4.69) is 35.5 Å². The number of hydrogen-bond donors (Lipinski definition) is 0. The molecule has 0 aliphatic heterocycles. The number of hydrogen-bond acceptors (Lipinski definition) is 6. The molecule has 0 heterocycles. The Morgan fingerprint density at radius 3 is 1.64 bits per heavy atom. The molecule has 0 aromatic heterocycles. The van der Waals surface area contributed by atoms with Gasteiger partial charge in [0.1, 0.15) is 31.6 Å². The van der Waals surface area contributed by atoms with Crippen LogP contribution in [0.3, 0.4) is 0 Å². The highest BCUT2D eigenvalue weighted by molar-refractivity contribution is 5.50. The third-order valence-corrected chi connectivity index (χ3v) is 4.38. The first-order valence-corrected chi connectivity index (χ1v) is 10.6. The molecule has 1 rings (SSSR count). The van der Waals surface area contributed by atoms with Gasteiger partial charge in [0.05, 0.1) is 5.60 Å². The summed E-state index contributed by atoms with van der Waals surface area (Å²) in [5, 5.41) is 0. The van der Waals surface area contributed by atoms with E-state index in [0.717, 1.165) is 16.7 Å². The Morgan fingerprint density at radius 2 is 1.09 bits per heavy atom. The Kier molecular flexibility index (Phi) is 11.6. The second kappa shape index (κ2) is 13.4. The third-order valence-electron chi connectivity index (χ3n) is 4.38. The molecular formula is C27H36O6. The summed E-state index contributed by atoms with van der Waals surface area (Å²) in [4.78, 5) is 0.